The molecule has 1 heterocycles. The van der Waals surface area contributed by atoms with Crippen molar-refractivity contribution < 1.29 is 4.84 Å². The third-order valence-corrected chi connectivity index (χ3v) is 2.51. The van der Waals surface area contributed by atoms with Crippen LogP contribution >= 0.6 is 23.2 Å². The summed E-state index contributed by atoms with van der Waals surface area (Å²) in [5.74, 6) is 5.04. The van der Waals surface area contributed by atoms with Crippen molar-refractivity contribution >= 4 is 23.2 Å². The van der Waals surface area contributed by atoms with Gasteiger partial charge >= 0.3 is 0 Å². The third-order valence-electron chi connectivity index (χ3n) is 1.99. The van der Waals surface area contributed by atoms with Crippen LogP contribution in [0.5, 0.6) is 0 Å². The van der Waals surface area contributed by atoms with E-state index in [1.807, 2.05) is 13.8 Å². The second kappa shape index (κ2) is 4.45. The quantitative estimate of drug-likeness (QED) is 0.646. The third kappa shape index (κ3) is 2.58. The molecule has 2 N–H and O–H groups in total. The van der Waals surface area contributed by atoms with Gasteiger partial charge in [0.05, 0.1) is 6.61 Å². The first-order valence-corrected chi connectivity index (χ1v) is 4.86. The summed E-state index contributed by atoms with van der Waals surface area (Å²) in [6.07, 6.45) is 1.64. The lowest BCUT2D eigenvalue weighted by molar-refractivity contribution is 0.0963. The molecule has 0 fully saturated rings. The van der Waals surface area contributed by atoms with E-state index in [0.29, 0.717) is 16.8 Å². The van der Waals surface area contributed by atoms with Gasteiger partial charge in [0.1, 0.15) is 5.15 Å². The molecule has 0 radical (unpaired) electrons. The van der Waals surface area contributed by atoms with Gasteiger partial charge in [0.25, 0.3) is 0 Å². The van der Waals surface area contributed by atoms with E-state index < -0.39 is 0 Å². The lowest BCUT2D eigenvalue weighted by Gasteiger charge is -2.24. The van der Waals surface area contributed by atoms with Crippen LogP contribution in [0.25, 0.3) is 0 Å². The van der Waals surface area contributed by atoms with Crippen molar-refractivity contribution in [1.29, 1.82) is 0 Å². The fourth-order valence-corrected chi connectivity index (χ4v) is 1.81. The zero-order valence-electron chi connectivity index (χ0n) is 8.05. The summed E-state index contributed by atoms with van der Waals surface area (Å²) in [4.78, 5) is 8.60. The van der Waals surface area contributed by atoms with Crippen LogP contribution in [0.1, 0.15) is 19.4 Å². The van der Waals surface area contributed by atoms with E-state index in [1.165, 1.54) is 0 Å². The van der Waals surface area contributed by atoms with Crippen molar-refractivity contribution in [3.05, 3.63) is 28.0 Å². The zero-order chi connectivity index (χ0) is 10.8. The highest BCUT2D eigenvalue weighted by Gasteiger charge is 2.24. The first kappa shape index (κ1) is 11.7. The molecule has 0 bridgehead atoms. The summed E-state index contributed by atoms with van der Waals surface area (Å²) < 4.78 is 0. The molecule has 0 aliphatic carbocycles. The maximum atomic E-state index is 6.03. The van der Waals surface area contributed by atoms with E-state index in [1.54, 1.807) is 12.3 Å². The van der Waals surface area contributed by atoms with E-state index in [9.17, 15) is 0 Å². The summed E-state index contributed by atoms with van der Waals surface area (Å²) in [6.45, 7) is 4.31. The first-order chi connectivity index (χ1) is 6.47. The fraction of sp³-hybridized carbons (Fsp3) is 0.444. The van der Waals surface area contributed by atoms with Gasteiger partial charge in [0, 0.05) is 16.6 Å². The van der Waals surface area contributed by atoms with Crippen molar-refractivity contribution in [2.45, 2.75) is 19.3 Å². The maximum absolute atomic E-state index is 6.03. The molecular weight excluding hydrogens is 223 g/mol. The molecule has 14 heavy (non-hydrogen) atoms. The van der Waals surface area contributed by atoms with Gasteiger partial charge in [0.15, 0.2) is 0 Å². The standard InChI is InChI=1S/C9H12Cl2N2O/c1-9(2,5-14-12)6-4-13-8(11)3-7(6)10/h3-4H,5,12H2,1-2H3. The van der Waals surface area contributed by atoms with Crippen LogP contribution in [0.4, 0.5) is 0 Å². The predicted octanol–water partition coefficient (Wildman–Crippen LogP) is 2.56. The van der Waals surface area contributed by atoms with E-state index >= 15 is 0 Å². The van der Waals surface area contributed by atoms with Crippen LogP contribution < -0.4 is 5.90 Å². The van der Waals surface area contributed by atoms with Gasteiger partial charge in [-0.2, -0.15) is 0 Å². The number of rotatable bonds is 3. The van der Waals surface area contributed by atoms with Crippen molar-refractivity contribution in [2.24, 2.45) is 5.90 Å². The number of nitrogens with two attached hydrogens (primary N) is 1. The van der Waals surface area contributed by atoms with Crippen LogP contribution in [0.3, 0.4) is 0 Å². The summed E-state index contributed by atoms with van der Waals surface area (Å²) in [6, 6.07) is 1.61. The molecule has 1 aromatic rings. The molecule has 78 valence electrons. The zero-order valence-corrected chi connectivity index (χ0v) is 9.56. The molecule has 1 aromatic heterocycles. The number of pyridine rings is 1. The average Bonchev–Trinajstić information content (AvgIpc) is 2.02. The van der Waals surface area contributed by atoms with Gasteiger partial charge < -0.3 is 4.84 Å². The smallest absolute Gasteiger partial charge is 0.130 e. The summed E-state index contributed by atoms with van der Waals surface area (Å²) in [7, 11) is 0. The maximum Gasteiger partial charge on any atom is 0.130 e. The SMILES string of the molecule is CC(C)(CON)c1cnc(Cl)cc1Cl. The van der Waals surface area contributed by atoms with Gasteiger partial charge in [-0.1, -0.05) is 37.0 Å². The highest BCUT2D eigenvalue weighted by Crippen LogP contribution is 2.30. The number of nitrogens with zero attached hydrogens (tertiary/aromatic N) is 1. The molecule has 0 saturated carbocycles. The highest BCUT2D eigenvalue weighted by atomic mass is 35.5. The molecule has 1 rings (SSSR count). The van der Waals surface area contributed by atoms with Crippen LogP contribution in [0, 0.1) is 0 Å². The monoisotopic (exact) mass is 234 g/mol. The Bertz CT molecular complexity index is 329. The number of hydrogen-bond acceptors (Lipinski definition) is 3. The lowest BCUT2D eigenvalue weighted by Crippen LogP contribution is -2.26. The molecule has 0 amide bonds. The largest absolute Gasteiger partial charge is 0.304 e. The Kier molecular flexibility index (Phi) is 3.72. The molecule has 0 atom stereocenters. The van der Waals surface area contributed by atoms with Crippen molar-refractivity contribution in [2.75, 3.05) is 6.61 Å². The molecular formula is C9H12Cl2N2O. The molecule has 0 spiro atoms. The van der Waals surface area contributed by atoms with Crippen molar-refractivity contribution in [1.82, 2.24) is 4.98 Å². The molecule has 0 aromatic carbocycles. The summed E-state index contributed by atoms with van der Waals surface area (Å²) in [5, 5.41) is 0.954. The molecule has 3 nitrogen and oxygen atoms in total. The van der Waals surface area contributed by atoms with Gasteiger partial charge in [-0.05, 0) is 11.6 Å². The molecule has 0 saturated heterocycles. The number of hydrogen-bond donors (Lipinski definition) is 1. The topological polar surface area (TPSA) is 48.1 Å². The van der Waals surface area contributed by atoms with Gasteiger partial charge in [-0.25, -0.2) is 10.9 Å². The second-order valence-electron chi connectivity index (χ2n) is 3.68. The Morgan fingerprint density at radius 2 is 2.14 bits per heavy atom. The van der Waals surface area contributed by atoms with Crippen LogP contribution in [-0.4, -0.2) is 11.6 Å². The highest BCUT2D eigenvalue weighted by molar-refractivity contribution is 6.34. The van der Waals surface area contributed by atoms with Gasteiger partial charge in [-0.15, -0.1) is 0 Å². The Balaban J connectivity index is 3.06. The summed E-state index contributed by atoms with van der Waals surface area (Å²) in [5.41, 5.74) is 0.595. The Hall–Kier alpha value is -0.350. The van der Waals surface area contributed by atoms with Gasteiger partial charge in [0.2, 0.25) is 0 Å². The van der Waals surface area contributed by atoms with Crippen LogP contribution in [0.2, 0.25) is 10.2 Å². The van der Waals surface area contributed by atoms with Crippen molar-refractivity contribution in [3.8, 4) is 0 Å². The van der Waals surface area contributed by atoms with Crippen LogP contribution in [-0.2, 0) is 10.3 Å². The van der Waals surface area contributed by atoms with E-state index in [4.69, 9.17) is 29.1 Å². The van der Waals surface area contributed by atoms with Gasteiger partial charge in [-0.3, -0.25) is 0 Å². The predicted molar refractivity (Wildman–Crippen MR) is 57.4 cm³/mol. The first-order valence-electron chi connectivity index (χ1n) is 4.10. The van der Waals surface area contributed by atoms with E-state index in [2.05, 4.69) is 9.82 Å². The van der Waals surface area contributed by atoms with Crippen LogP contribution in [0.15, 0.2) is 12.3 Å². The molecule has 0 unspecified atom stereocenters. The van der Waals surface area contributed by atoms with Crippen molar-refractivity contribution in [3.63, 3.8) is 0 Å². The second-order valence-corrected chi connectivity index (χ2v) is 4.48. The fourth-order valence-electron chi connectivity index (χ4n) is 1.19. The average molecular weight is 235 g/mol. The minimum atomic E-state index is -0.274. The number of halogens is 2. The van der Waals surface area contributed by atoms with E-state index in [0.717, 1.165) is 5.56 Å². The molecule has 5 heteroatoms. The lowest BCUT2D eigenvalue weighted by atomic mass is 9.87. The Morgan fingerprint density at radius 1 is 1.50 bits per heavy atom. The summed E-state index contributed by atoms with van der Waals surface area (Å²) >= 11 is 11.7. The Labute approximate surface area is 93.1 Å². The Morgan fingerprint density at radius 3 is 2.64 bits per heavy atom. The molecule has 0 aliphatic rings. The minimum Gasteiger partial charge on any atom is -0.304 e. The number of aromatic nitrogens is 1. The molecule has 0 aliphatic heterocycles. The minimum absolute atomic E-state index is 0.274. The normalized spacial score (nSPS) is 11.8. The van der Waals surface area contributed by atoms with E-state index in [-0.39, 0.29) is 5.41 Å².